The fourth-order valence-corrected chi connectivity index (χ4v) is 4.56. The molecule has 1 aliphatic heterocycles. The lowest BCUT2D eigenvalue weighted by Gasteiger charge is -2.25. The second kappa shape index (κ2) is 7.08. The molecule has 5 heteroatoms. The van der Waals surface area contributed by atoms with Crippen molar-refractivity contribution in [3.05, 3.63) is 82.3 Å². The van der Waals surface area contributed by atoms with E-state index in [2.05, 4.69) is 70.9 Å². The minimum absolute atomic E-state index is 0.149. The highest BCUT2D eigenvalue weighted by Crippen LogP contribution is 2.35. The number of methoxy groups -OCH3 is 1. The average molecular weight is 386 g/mol. The van der Waals surface area contributed by atoms with Gasteiger partial charge in [-0.3, -0.25) is 4.68 Å². The van der Waals surface area contributed by atoms with Crippen LogP contribution in [0.5, 0.6) is 5.75 Å². The largest absolute Gasteiger partial charge is 0.496 e. The van der Waals surface area contributed by atoms with E-state index < -0.39 is 0 Å². The topological polar surface area (TPSA) is 54.9 Å². The van der Waals surface area contributed by atoms with Crippen molar-refractivity contribution < 1.29 is 4.74 Å². The molecular formula is C24H26N4O. The first kappa shape index (κ1) is 18.0. The van der Waals surface area contributed by atoms with Gasteiger partial charge in [-0.2, -0.15) is 5.10 Å². The van der Waals surface area contributed by atoms with Gasteiger partial charge in [0.05, 0.1) is 25.4 Å². The molecule has 0 amide bonds. The Labute approximate surface area is 170 Å². The maximum atomic E-state index is 5.65. The van der Waals surface area contributed by atoms with E-state index in [4.69, 9.17) is 4.74 Å². The number of aromatic nitrogens is 3. The molecule has 2 N–H and O–H groups in total. The average Bonchev–Trinajstić information content (AvgIpc) is 3.26. The van der Waals surface area contributed by atoms with Gasteiger partial charge in [-0.1, -0.05) is 24.3 Å². The molecule has 0 fully saturated rings. The van der Waals surface area contributed by atoms with Crippen LogP contribution in [-0.2, 0) is 13.0 Å². The molecule has 2 aromatic heterocycles. The smallest absolute Gasteiger partial charge is 0.123 e. The Balaban J connectivity index is 1.56. The predicted octanol–water partition coefficient (Wildman–Crippen LogP) is 4.27. The zero-order valence-electron chi connectivity index (χ0n) is 17.1. The molecule has 5 rings (SSSR count). The highest BCUT2D eigenvalue weighted by molar-refractivity contribution is 5.85. The lowest BCUT2D eigenvalue weighted by Crippen LogP contribution is -2.30. The first-order chi connectivity index (χ1) is 14.1. The summed E-state index contributed by atoms with van der Waals surface area (Å²) in [7, 11) is 1.73. The van der Waals surface area contributed by atoms with Gasteiger partial charge in [0.1, 0.15) is 5.75 Å². The summed E-state index contributed by atoms with van der Waals surface area (Å²) in [6.07, 6.45) is 1.05. The number of hydrogen-bond donors (Lipinski definition) is 2. The van der Waals surface area contributed by atoms with E-state index in [1.54, 1.807) is 7.11 Å². The SMILES string of the molecule is COc1ccc([C@H]2NCCc3c2[nH]c2ccccc32)cc1Cn1nc(C)cc1C. The number of fused-ring (bicyclic) bond motifs is 3. The fraction of sp³-hybridized carbons (Fsp3) is 0.292. The number of nitrogens with zero attached hydrogens (tertiary/aromatic N) is 2. The molecule has 2 aromatic carbocycles. The Morgan fingerprint density at radius 3 is 2.79 bits per heavy atom. The van der Waals surface area contributed by atoms with Crippen molar-refractivity contribution in [2.45, 2.75) is 32.9 Å². The molecule has 0 bridgehead atoms. The number of H-pyrrole nitrogens is 1. The number of ether oxygens (including phenoxy) is 1. The van der Waals surface area contributed by atoms with Crippen LogP contribution in [0.4, 0.5) is 0 Å². The minimum atomic E-state index is 0.149. The molecule has 3 heterocycles. The van der Waals surface area contributed by atoms with Crippen molar-refractivity contribution in [1.82, 2.24) is 20.1 Å². The van der Waals surface area contributed by atoms with E-state index in [1.807, 2.05) is 11.6 Å². The molecule has 0 saturated carbocycles. The van der Waals surface area contributed by atoms with Gasteiger partial charge in [-0.25, -0.2) is 0 Å². The van der Waals surface area contributed by atoms with Crippen molar-refractivity contribution in [1.29, 1.82) is 0 Å². The van der Waals surface area contributed by atoms with Crippen LogP contribution >= 0.6 is 0 Å². The Kier molecular flexibility index (Phi) is 4.40. The molecule has 1 aliphatic rings. The summed E-state index contributed by atoms with van der Waals surface area (Å²) in [5.41, 5.74) is 8.50. The van der Waals surface area contributed by atoms with Crippen LogP contribution in [0.2, 0.25) is 0 Å². The lowest BCUT2D eigenvalue weighted by molar-refractivity contribution is 0.406. The monoisotopic (exact) mass is 386 g/mol. The molecule has 29 heavy (non-hydrogen) atoms. The molecule has 1 atom stereocenters. The summed E-state index contributed by atoms with van der Waals surface area (Å²) in [6.45, 7) is 5.79. The maximum absolute atomic E-state index is 5.65. The first-order valence-electron chi connectivity index (χ1n) is 10.1. The van der Waals surface area contributed by atoms with Gasteiger partial charge in [0.25, 0.3) is 0 Å². The third kappa shape index (κ3) is 3.12. The second-order valence-electron chi connectivity index (χ2n) is 7.86. The first-order valence-corrected chi connectivity index (χ1v) is 10.1. The standard InChI is InChI=1S/C24H26N4O/c1-15-12-16(2)28(27-15)14-18-13-17(8-9-22(18)29-3)23-24-20(10-11-25-23)19-6-4-5-7-21(19)26-24/h4-9,12-13,23,25-26H,10-11,14H2,1-3H3/t23-/m1/s1. The van der Waals surface area contributed by atoms with Crippen LogP contribution in [0.25, 0.3) is 10.9 Å². The Bertz CT molecular complexity index is 1190. The summed E-state index contributed by atoms with van der Waals surface area (Å²) in [4.78, 5) is 3.66. The van der Waals surface area contributed by atoms with Crippen molar-refractivity contribution in [2.75, 3.05) is 13.7 Å². The molecule has 4 aromatic rings. The molecule has 0 unspecified atom stereocenters. The van der Waals surface area contributed by atoms with Gasteiger partial charge in [-0.15, -0.1) is 0 Å². The highest BCUT2D eigenvalue weighted by atomic mass is 16.5. The second-order valence-corrected chi connectivity index (χ2v) is 7.86. The van der Waals surface area contributed by atoms with Crippen molar-refractivity contribution in [3.63, 3.8) is 0 Å². The summed E-state index contributed by atoms with van der Waals surface area (Å²) in [6, 6.07) is 17.3. The molecule has 0 aliphatic carbocycles. The van der Waals surface area contributed by atoms with E-state index in [1.165, 1.54) is 27.7 Å². The summed E-state index contributed by atoms with van der Waals surface area (Å²) in [5.74, 6) is 0.897. The van der Waals surface area contributed by atoms with E-state index in [9.17, 15) is 0 Å². The number of aromatic amines is 1. The zero-order valence-corrected chi connectivity index (χ0v) is 17.1. The Morgan fingerprint density at radius 1 is 1.14 bits per heavy atom. The third-order valence-electron chi connectivity index (χ3n) is 5.92. The van der Waals surface area contributed by atoms with Crippen LogP contribution in [0.3, 0.4) is 0 Å². The quantitative estimate of drug-likeness (QED) is 0.551. The van der Waals surface area contributed by atoms with Crippen LogP contribution in [0.1, 0.15) is 39.8 Å². The predicted molar refractivity (Wildman–Crippen MR) is 116 cm³/mol. The number of benzene rings is 2. The minimum Gasteiger partial charge on any atom is -0.496 e. The molecule has 0 saturated heterocycles. The van der Waals surface area contributed by atoms with Gasteiger partial charge in [0, 0.05) is 34.4 Å². The molecule has 0 radical (unpaired) electrons. The number of para-hydroxylation sites is 1. The summed E-state index contributed by atoms with van der Waals surface area (Å²) in [5, 5.41) is 9.67. The van der Waals surface area contributed by atoms with Gasteiger partial charge in [0.2, 0.25) is 0 Å². The van der Waals surface area contributed by atoms with Gasteiger partial charge < -0.3 is 15.0 Å². The van der Waals surface area contributed by atoms with E-state index in [0.717, 1.165) is 35.7 Å². The van der Waals surface area contributed by atoms with Crippen molar-refractivity contribution >= 4 is 10.9 Å². The number of aryl methyl sites for hydroxylation is 2. The Hall–Kier alpha value is -3.05. The Morgan fingerprint density at radius 2 is 2.00 bits per heavy atom. The van der Waals surface area contributed by atoms with Crippen LogP contribution < -0.4 is 10.1 Å². The number of rotatable bonds is 4. The molecular weight excluding hydrogens is 360 g/mol. The van der Waals surface area contributed by atoms with E-state index in [-0.39, 0.29) is 6.04 Å². The lowest BCUT2D eigenvalue weighted by atomic mass is 9.93. The summed E-state index contributed by atoms with van der Waals surface area (Å²) >= 11 is 0. The van der Waals surface area contributed by atoms with Gasteiger partial charge in [0.15, 0.2) is 0 Å². The third-order valence-corrected chi connectivity index (χ3v) is 5.92. The molecule has 0 spiro atoms. The normalized spacial score (nSPS) is 16.2. The fourth-order valence-electron chi connectivity index (χ4n) is 4.56. The summed E-state index contributed by atoms with van der Waals surface area (Å²) < 4.78 is 7.70. The number of hydrogen-bond acceptors (Lipinski definition) is 3. The van der Waals surface area contributed by atoms with Crippen LogP contribution in [-0.4, -0.2) is 28.4 Å². The number of nitrogens with one attached hydrogen (secondary N) is 2. The zero-order chi connectivity index (χ0) is 20.0. The van der Waals surface area contributed by atoms with E-state index >= 15 is 0 Å². The van der Waals surface area contributed by atoms with Crippen molar-refractivity contribution in [3.8, 4) is 5.75 Å². The van der Waals surface area contributed by atoms with Crippen LogP contribution in [0.15, 0.2) is 48.5 Å². The maximum Gasteiger partial charge on any atom is 0.123 e. The van der Waals surface area contributed by atoms with E-state index in [0.29, 0.717) is 6.54 Å². The molecule has 5 nitrogen and oxygen atoms in total. The van der Waals surface area contributed by atoms with Crippen LogP contribution in [0, 0.1) is 13.8 Å². The van der Waals surface area contributed by atoms with Crippen molar-refractivity contribution in [2.24, 2.45) is 0 Å². The highest BCUT2D eigenvalue weighted by Gasteiger charge is 2.25. The van der Waals surface area contributed by atoms with Gasteiger partial charge >= 0.3 is 0 Å². The van der Waals surface area contributed by atoms with Gasteiger partial charge in [-0.05, 0) is 55.7 Å². The molecule has 148 valence electrons.